The Morgan fingerprint density at radius 2 is 1.84 bits per heavy atom. The lowest BCUT2D eigenvalue weighted by Crippen LogP contribution is -2.49. The lowest BCUT2D eigenvalue weighted by atomic mass is 9.78. The minimum atomic E-state index is -0.0590. The topological polar surface area (TPSA) is 66.9 Å². The molecule has 0 spiro atoms. The number of methoxy groups -OCH3 is 2. The molecule has 1 N–H and O–H groups in total. The second-order valence-electron chi connectivity index (χ2n) is 10.3. The van der Waals surface area contributed by atoms with Crippen molar-refractivity contribution in [1.82, 2.24) is 14.6 Å². The number of rotatable bonds is 9. The summed E-state index contributed by atoms with van der Waals surface area (Å²) in [6.07, 6.45) is 8.38. The van der Waals surface area contributed by atoms with E-state index in [4.69, 9.17) is 13.8 Å². The highest BCUT2D eigenvalue weighted by molar-refractivity contribution is 7.13. The van der Waals surface area contributed by atoms with Crippen molar-refractivity contribution in [3.8, 4) is 11.5 Å². The van der Waals surface area contributed by atoms with Crippen LogP contribution in [0.1, 0.15) is 31.2 Å². The molecule has 2 atom stereocenters. The molecule has 7 nitrogen and oxygen atoms in total. The van der Waals surface area contributed by atoms with Crippen LogP contribution in [0.3, 0.4) is 0 Å². The van der Waals surface area contributed by atoms with Crippen molar-refractivity contribution in [3.05, 3.63) is 54.1 Å². The number of anilines is 1. The number of amides is 1. The van der Waals surface area contributed by atoms with Gasteiger partial charge in [-0.15, -0.1) is 0 Å². The fourth-order valence-corrected chi connectivity index (χ4v) is 6.58. The Balaban J connectivity index is 1.11. The summed E-state index contributed by atoms with van der Waals surface area (Å²) >= 11 is 1.59. The maximum atomic E-state index is 12.6. The molecule has 2 aliphatic rings. The van der Waals surface area contributed by atoms with E-state index in [0.717, 1.165) is 56.4 Å². The van der Waals surface area contributed by atoms with Crippen molar-refractivity contribution in [2.24, 2.45) is 11.8 Å². The minimum Gasteiger partial charge on any atom is -0.497 e. The normalized spacial score (nSPS) is 20.6. The van der Waals surface area contributed by atoms with Crippen molar-refractivity contribution < 1.29 is 14.3 Å². The van der Waals surface area contributed by atoms with Gasteiger partial charge in [-0.3, -0.25) is 9.69 Å². The van der Waals surface area contributed by atoms with Gasteiger partial charge in [0.25, 0.3) is 0 Å². The molecular formula is C30H38N4O3S. The van der Waals surface area contributed by atoms with Gasteiger partial charge >= 0.3 is 0 Å². The summed E-state index contributed by atoms with van der Waals surface area (Å²) in [5.41, 5.74) is 0.851. The zero-order valence-electron chi connectivity index (χ0n) is 22.4. The van der Waals surface area contributed by atoms with Gasteiger partial charge in [0.1, 0.15) is 17.3 Å². The Hall–Kier alpha value is -3.10. The molecule has 1 aliphatic carbocycles. The molecule has 2 heterocycles. The maximum Gasteiger partial charge on any atom is 0.244 e. The summed E-state index contributed by atoms with van der Waals surface area (Å²) in [5.74, 6) is 3.65. The summed E-state index contributed by atoms with van der Waals surface area (Å²) in [7, 11) is 3.25. The smallest absolute Gasteiger partial charge is 0.244 e. The largest absolute Gasteiger partial charge is 0.497 e. The van der Waals surface area contributed by atoms with Crippen molar-refractivity contribution in [2.45, 2.75) is 25.7 Å². The Labute approximate surface area is 229 Å². The predicted octanol–water partition coefficient (Wildman–Crippen LogP) is 5.07. The monoisotopic (exact) mass is 534 g/mol. The quantitative estimate of drug-likeness (QED) is 0.387. The van der Waals surface area contributed by atoms with E-state index in [1.54, 1.807) is 37.9 Å². The molecule has 1 amide bonds. The molecule has 0 radical (unpaired) electrons. The molecule has 1 aliphatic heterocycles. The molecule has 1 saturated heterocycles. The summed E-state index contributed by atoms with van der Waals surface area (Å²) in [4.78, 5) is 17.7. The number of fused-ring (bicyclic) bond motifs is 1. The Morgan fingerprint density at radius 3 is 2.63 bits per heavy atom. The highest BCUT2D eigenvalue weighted by Gasteiger charge is 2.29. The van der Waals surface area contributed by atoms with E-state index in [1.165, 1.54) is 35.8 Å². The third-order valence-electron chi connectivity index (χ3n) is 7.98. The molecule has 3 aromatic rings. The number of nitrogens with one attached hydrogen (secondary N) is 1. The zero-order valence-corrected chi connectivity index (χ0v) is 23.2. The fraction of sp³-hybridized carbons (Fsp3) is 0.467. The molecule has 2 fully saturated rings. The van der Waals surface area contributed by atoms with E-state index in [-0.39, 0.29) is 5.91 Å². The van der Waals surface area contributed by atoms with E-state index in [9.17, 15) is 4.79 Å². The van der Waals surface area contributed by atoms with Crippen molar-refractivity contribution in [1.29, 1.82) is 0 Å². The van der Waals surface area contributed by atoms with Crippen LogP contribution in [0.2, 0.25) is 0 Å². The van der Waals surface area contributed by atoms with Crippen LogP contribution in [0, 0.1) is 11.8 Å². The predicted molar refractivity (Wildman–Crippen MR) is 155 cm³/mol. The van der Waals surface area contributed by atoms with Crippen LogP contribution in [-0.2, 0) is 4.79 Å². The number of carbonyl (C=O) groups excluding carboxylic acids is 1. The molecule has 1 saturated carbocycles. The second kappa shape index (κ2) is 12.6. The molecule has 2 aromatic carbocycles. The number of aromatic nitrogens is 1. The number of carbonyl (C=O) groups is 1. The van der Waals surface area contributed by atoms with E-state index in [1.807, 2.05) is 18.2 Å². The first-order valence-corrected chi connectivity index (χ1v) is 14.4. The van der Waals surface area contributed by atoms with E-state index < -0.39 is 0 Å². The molecule has 202 valence electrons. The van der Waals surface area contributed by atoms with Crippen molar-refractivity contribution in [3.63, 3.8) is 0 Å². The third-order valence-corrected chi connectivity index (χ3v) is 8.80. The number of piperazine rings is 1. The maximum absolute atomic E-state index is 12.6. The molecule has 5 rings (SSSR count). The Bertz CT molecular complexity index is 1250. The van der Waals surface area contributed by atoms with Gasteiger partial charge in [-0.05, 0) is 66.6 Å². The van der Waals surface area contributed by atoms with E-state index in [0.29, 0.717) is 17.6 Å². The standard InChI is InChI=1S/C30H38N4O3S/c1-36-25-13-11-22(27(19-25)37-2)12-14-29(35)31-20-23-7-3-4-8-24(23)21-33-15-17-34(18-16-33)30-26-9-5-6-10-28(26)38-32-30/h5-6,9-14,19,23-24H,3-4,7-8,15-18,20-21H2,1-2H3,(H,31,35)/t23-,24-/m1/s1. The first-order chi connectivity index (χ1) is 18.6. The van der Waals surface area contributed by atoms with Crippen LogP contribution >= 0.6 is 11.5 Å². The number of nitrogens with zero attached hydrogens (tertiary/aromatic N) is 3. The van der Waals surface area contributed by atoms with Gasteiger partial charge in [0.05, 0.1) is 18.9 Å². The van der Waals surface area contributed by atoms with Crippen LogP contribution < -0.4 is 19.7 Å². The highest BCUT2D eigenvalue weighted by Crippen LogP contribution is 2.32. The SMILES string of the molecule is COc1ccc(C=CC(=O)NC[C@H]2CCCC[C@@H]2CN2CCN(c3nsc4ccccc34)CC2)c(OC)c1. The molecule has 8 heteroatoms. The summed E-state index contributed by atoms with van der Waals surface area (Å²) in [6, 6.07) is 14.1. The molecule has 0 bridgehead atoms. The van der Waals surface area contributed by atoms with Crippen LogP contribution in [0.5, 0.6) is 11.5 Å². The lowest BCUT2D eigenvalue weighted by Gasteiger charge is -2.40. The third kappa shape index (κ3) is 6.30. The van der Waals surface area contributed by atoms with Crippen molar-refractivity contribution >= 4 is 39.4 Å². The number of hydrogen-bond acceptors (Lipinski definition) is 7. The second-order valence-corrected chi connectivity index (χ2v) is 11.1. The van der Waals surface area contributed by atoms with Gasteiger partial charge in [0, 0.05) is 62.4 Å². The summed E-state index contributed by atoms with van der Waals surface area (Å²) in [5, 5.41) is 4.44. The minimum absolute atomic E-state index is 0.0590. The Morgan fingerprint density at radius 1 is 1.05 bits per heavy atom. The van der Waals surface area contributed by atoms with Crippen LogP contribution in [0.25, 0.3) is 16.2 Å². The fourth-order valence-electron chi connectivity index (χ4n) is 5.78. The summed E-state index contributed by atoms with van der Waals surface area (Å²) in [6.45, 7) is 6.01. The van der Waals surface area contributed by atoms with Crippen molar-refractivity contribution in [2.75, 3.05) is 58.4 Å². The zero-order chi connectivity index (χ0) is 26.3. The first-order valence-electron chi connectivity index (χ1n) is 13.6. The van der Waals surface area contributed by atoms with Gasteiger partial charge in [0.2, 0.25) is 5.91 Å². The van der Waals surface area contributed by atoms with Gasteiger partial charge in [-0.25, -0.2) is 0 Å². The first kappa shape index (κ1) is 26.5. The lowest BCUT2D eigenvalue weighted by molar-refractivity contribution is -0.116. The van der Waals surface area contributed by atoms with Gasteiger partial charge in [-0.2, -0.15) is 4.37 Å². The molecular weight excluding hydrogens is 496 g/mol. The Kier molecular flexibility index (Phi) is 8.81. The van der Waals surface area contributed by atoms with Crippen LogP contribution in [0.15, 0.2) is 48.5 Å². The summed E-state index contributed by atoms with van der Waals surface area (Å²) < 4.78 is 16.7. The number of ether oxygens (including phenoxy) is 2. The van der Waals surface area contributed by atoms with Gasteiger partial charge < -0.3 is 19.7 Å². The van der Waals surface area contributed by atoms with Crippen LogP contribution in [-0.4, -0.2) is 68.7 Å². The van der Waals surface area contributed by atoms with E-state index >= 15 is 0 Å². The van der Waals surface area contributed by atoms with E-state index in [2.05, 4.69) is 39.4 Å². The highest BCUT2D eigenvalue weighted by atomic mass is 32.1. The van der Waals surface area contributed by atoms with Gasteiger partial charge in [0.15, 0.2) is 0 Å². The number of hydrogen-bond donors (Lipinski definition) is 1. The average molecular weight is 535 g/mol. The molecule has 38 heavy (non-hydrogen) atoms. The number of benzene rings is 2. The average Bonchev–Trinajstić information content (AvgIpc) is 3.40. The van der Waals surface area contributed by atoms with Gasteiger partial charge in [-0.1, -0.05) is 25.0 Å². The van der Waals surface area contributed by atoms with Crippen LogP contribution in [0.4, 0.5) is 5.82 Å². The molecule has 1 aromatic heterocycles. The molecule has 0 unspecified atom stereocenters.